The number of hydrogen-bond acceptors (Lipinski definition) is 3. The third kappa shape index (κ3) is 2.10. The van der Waals surface area contributed by atoms with Crippen molar-refractivity contribution < 1.29 is 19.0 Å². The highest BCUT2D eigenvalue weighted by Gasteiger charge is 2.23. The minimum absolute atomic E-state index is 0. The zero-order valence-corrected chi connectivity index (χ0v) is 9.09. The van der Waals surface area contributed by atoms with E-state index in [0.717, 1.165) is 6.07 Å². The maximum Gasteiger partial charge on any atom is 0.335 e. The van der Waals surface area contributed by atoms with Crippen molar-refractivity contribution in [3.8, 4) is 5.75 Å². The molecule has 0 aliphatic carbocycles. The molecule has 6 heteroatoms. The summed E-state index contributed by atoms with van der Waals surface area (Å²) in [5.41, 5.74) is 6.07. The van der Waals surface area contributed by atoms with E-state index in [0.29, 0.717) is 18.6 Å². The molecule has 1 atom stereocenters. The van der Waals surface area contributed by atoms with Crippen LogP contribution in [0, 0.1) is 5.82 Å². The number of fused-ring (bicyclic) bond motifs is 1. The monoisotopic (exact) mass is 247 g/mol. The fraction of sp³-hybridized carbons (Fsp3) is 0.300. The molecular weight excluding hydrogens is 237 g/mol. The van der Waals surface area contributed by atoms with Gasteiger partial charge < -0.3 is 15.6 Å². The van der Waals surface area contributed by atoms with Crippen LogP contribution in [0.15, 0.2) is 12.1 Å². The normalized spacial score (nSPS) is 18.0. The summed E-state index contributed by atoms with van der Waals surface area (Å²) >= 11 is 0. The van der Waals surface area contributed by atoms with Crippen molar-refractivity contribution in [3.05, 3.63) is 29.1 Å². The predicted octanol–water partition coefficient (Wildman–Crippen LogP) is 1.73. The van der Waals surface area contributed by atoms with Crippen molar-refractivity contribution in [1.82, 2.24) is 0 Å². The molecule has 1 heterocycles. The van der Waals surface area contributed by atoms with Crippen LogP contribution in [0.4, 0.5) is 4.39 Å². The minimum Gasteiger partial charge on any atom is -0.490 e. The fourth-order valence-electron chi connectivity index (χ4n) is 1.61. The third-order valence-electron chi connectivity index (χ3n) is 2.39. The highest BCUT2D eigenvalue weighted by atomic mass is 35.5. The van der Waals surface area contributed by atoms with E-state index < -0.39 is 11.8 Å². The minimum atomic E-state index is -1.17. The van der Waals surface area contributed by atoms with Crippen molar-refractivity contribution in [1.29, 1.82) is 0 Å². The number of nitrogens with two attached hydrogens (primary N) is 1. The van der Waals surface area contributed by atoms with Crippen LogP contribution in [0.5, 0.6) is 5.75 Å². The summed E-state index contributed by atoms with van der Waals surface area (Å²) in [5, 5.41) is 8.75. The molecule has 88 valence electrons. The molecule has 1 aromatic carbocycles. The van der Waals surface area contributed by atoms with Gasteiger partial charge in [-0.15, -0.1) is 12.4 Å². The molecule has 0 saturated heterocycles. The second kappa shape index (κ2) is 4.67. The molecule has 0 saturated carbocycles. The average Bonchev–Trinajstić information content (AvgIpc) is 2.19. The highest BCUT2D eigenvalue weighted by Crippen LogP contribution is 2.33. The van der Waals surface area contributed by atoms with Gasteiger partial charge in [0, 0.05) is 18.0 Å². The zero-order chi connectivity index (χ0) is 11.0. The van der Waals surface area contributed by atoms with Gasteiger partial charge in [0.25, 0.3) is 0 Å². The number of carbonyl (C=O) groups is 1. The second-order valence-corrected chi connectivity index (χ2v) is 3.43. The van der Waals surface area contributed by atoms with Gasteiger partial charge in [0.05, 0.1) is 12.2 Å². The molecule has 0 aromatic heterocycles. The van der Waals surface area contributed by atoms with Gasteiger partial charge in [-0.1, -0.05) is 0 Å². The van der Waals surface area contributed by atoms with Crippen molar-refractivity contribution >= 4 is 18.4 Å². The summed E-state index contributed by atoms with van der Waals surface area (Å²) in [5.74, 6) is -1.76. The Kier molecular flexibility index (Phi) is 3.72. The van der Waals surface area contributed by atoms with E-state index in [1.165, 1.54) is 6.07 Å². The van der Waals surface area contributed by atoms with Gasteiger partial charge in [-0.05, 0) is 12.1 Å². The Morgan fingerprint density at radius 3 is 2.88 bits per heavy atom. The molecule has 1 aromatic rings. The van der Waals surface area contributed by atoms with E-state index in [1.807, 2.05) is 0 Å². The lowest BCUT2D eigenvalue weighted by atomic mass is 9.99. The molecule has 3 N–H and O–H groups in total. The van der Waals surface area contributed by atoms with Crippen LogP contribution in [-0.4, -0.2) is 17.7 Å². The highest BCUT2D eigenvalue weighted by molar-refractivity contribution is 5.88. The van der Waals surface area contributed by atoms with Crippen LogP contribution in [-0.2, 0) is 0 Å². The van der Waals surface area contributed by atoms with Gasteiger partial charge in [-0.25, -0.2) is 9.18 Å². The predicted molar refractivity (Wildman–Crippen MR) is 57.6 cm³/mol. The Hall–Kier alpha value is -1.33. The zero-order valence-electron chi connectivity index (χ0n) is 8.27. The number of aromatic carboxylic acids is 1. The summed E-state index contributed by atoms with van der Waals surface area (Å²) < 4.78 is 18.5. The first-order valence-corrected chi connectivity index (χ1v) is 4.54. The molecule has 0 amide bonds. The largest absolute Gasteiger partial charge is 0.490 e. The summed E-state index contributed by atoms with van der Waals surface area (Å²) in [6, 6.07) is 1.95. The van der Waals surface area contributed by atoms with Crippen LogP contribution in [0.2, 0.25) is 0 Å². The van der Waals surface area contributed by atoms with E-state index in [-0.39, 0.29) is 29.8 Å². The van der Waals surface area contributed by atoms with Crippen LogP contribution in [0.1, 0.15) is 28.4 Å². The lowest BCUT2D eigenvalue weighted by molar-refractivity contribution is 0.0696. The molecule has 1 aliphatic heterocycles. The van der Waals surface area contributed by atoms with Gasteiger partial charge in [0.1, 0.15) is 0 Å². The Labute approximate surface area is 97.6 Å². The molecule has 1 unspecified atom stereocenters. The second-order valence-electron chi connectivity index (χ2n) is 3.43. The standard InChI is InChI=1S/C10H10FNO3.ClH/c11-7-4-5(10(13)14)3-6-8(12)1-2-15-9(6)7;/h3-4,8H,1-2,12H2,(H,13,14);1H. The third-order valence-corrected chi connectivity index (χ3v) is 2.39. The molecule has 4 nitrogen and oxygen atoms in total. The van der Waals surface area contributed by atoms with Gasteiger partial charge in [0.2, 0.25) is 0 Å². The van der Waals surface area contributed by atoms with Crippen LogP contribution in [0.25, 0.3) is 0 Å². The Morgan fingerprint density at radius 1 is 1.56 bits per heavy atom. The van der Waals surface area contributed by atoms with Crippen LogP contribution >= 0.6 is 12.4 Å². The number of ether oxygens (including phenoxy) is 1. The number of hydrogen-bond donors (Lipinski definition) is 2. The van der Waals surface area contributed by atoms with Gasteiger partial charge in [0.15, 0.2) is 11.6 Å². The van der Waals surface area contributed by atoms with Gasteiger partial charge >= 0.3 is 5.97 Å². The van der Waals surface area contributed by atoms with Crippen molar-refractivity contribution in [2.75, 3.05) is 6.61 Å². The van der Waals surface area contributed by atoms with E-state index in [4.69, 9.17) is 15.6 Å². The van der Waals surface area contributed by atoms with Gasteiger partial charge in [-0.3, -0.25) is 0 Å². The van der Waals surface area contributed by atoms with E-state index >= 15 is 0 Å². The number of carboxylic acids is 1. The maximum absolute atomic E-state index is 13.4. The quantitative estimate of drug-likeness (QED) is 0.793. The van der Waals surface area contributed by atoms with Crippen molar-refractivity contribution in [2.24, 2.45) is 5.73 Å². The Balaban J connectivity index is 0.00000128. The van der Waals surface area contributed by atoms with E-state index in [9.17, 15) is 9.18 Å². The summed E-state index contributed by atoms with van der Waals surface area (Å²) in [6.07, 6.45) is 0.565. The first-order valence-electron chi connectivity index (χ1n) is 4.54. The molecule has 0 radical (unpaired) electrons. The molecule has 1 aliphatic rings. The van der Waals surface area contributed by atoms with Crippen LogP contribution in [0.3, 0.4) is 0 Å². The fourth-order valence-corrected chi connectivity index (χ4v) is 1.61. The molecule has 2 rings (SSSR count). The molecule has 0 fully saturated rings. The Morgan fingerprint density at radius 2 is 2.25 bits per heavy atom. The SMILES string of the molecule is Cl.NC1CCOc2c(F)cc(C(=O)O)cc21. The summed E-state index contributed by atoms with van der Waals surface area (Å²) in [6.45, 7) is 0.359. The number of carboxylic acid groups (broad SMARTS) is 1. The first-order chi connectivity index (χ1) is 7.09. The topological polar surface area (TPSA) is 72.5 Å². The maximum atomic E-state index is 13.4. The lowest BCUT2D eigenvalue weighted by Gasteiger charge is -2.23. The summed E-state index contributed by atoms with van der Waals surface area (Å²) in [7, 11) is 0. The first kappa shape index (κ1) is 12.7. The molecule has 0 spiro atoms. The summed E-state index contributed by atoms with van der Waals surface area (Å²) in [4.78, 5) is 10.7. The number of halogens is 2. The van der Waals surface area contributed by atoms with Gasteiger partial charge in [-0.2, -0.15) is 0 Å². The molecule has 16 heavy (non-hydrogen) atoms. The van der Waals surface area contributed by atoms with Crippen molar-refractivity contribution in [3.63, 3.8) is 0 Å². The van der Waals surface area contributed by atoms with Crippen molar-refractivity contribution in [2.45, 2.75) is 12.5 Å². The number of benzene rings is 1. The Bertz CT molecular complexity index is 425. The van der Waals surface area contributed by atoms with Crippen LogP contribution < -0.4 is 10.5 Å². The lowest BCUT2D eigenvalue weighted by Crippen LogP contribution is -2.22. The molecular formula is C10H11ClFNO3. The number of rotatable bonds is 1. The van der Waals surface area contributed by atoms with E-state index in [1.54, 1.807) is 0 Å². The average molecular weight is 248 g/mol. The van der Waals surface area contributed by atoms with E-state index in [2.05, 4.69) is 0 Å². The molecule has 0 bridgehead atoms. The smallest absolute Gasteiger partial charge is 0.335 e.